The van der Waals surface area contributed by atoms with Crippen molar-refractivity contribution in [2.24, 2.45) is 0 Å². The van der Waals surface area contributed by atoms with Crippen LogP contribution in [-0.4, -0.2) is 37.6 Å². The summed E-state index contributed by atoms with van der Waals surface area (Å²) in [6, 6.07) is 8.91. The summed E-state index contributed by atoms with van der Waals surface area (Å²) < 4.78 is 83.6. The Balaban J connectivity index is 1.22. The van der Waals surface area contributed by atoms with Crippen molar-refractivity contribution in [2.75, 3.05) is 6.54 Å². The average molecular weight is 550 g/mol. The number of benzene rings is 2. The van der Waals surface area contributed by atoms with Gasteiger partial charge in [-0.3, -0.25) is 4.90 Å². The molecule has 12 heteroatoms. The van der Waals surface area contributed by atoms with Crippen LogP contribution in [0.4, 0.5) is 26.3 Å². The summed E-state index contributed by atoms with van der Waals surface area (Å²) in [4.78, 5) is 14.2. The van der Waals surface area contributed by atoms with Crippen molar-refractivity contribution in [1.82, 2.24) is 25.0 Å². The van der Waals surface area contributed by atoms with Crippen LogP contribution in [0.25, 0.3) is 22.7 Å². The fourth-order valence-corrected chi connectivity index (χ4v) is 4.99. The van der Waals surface area contributed by atoms with Crippen LogP contribution in [0.3, 0.4) is 0 Å². The van der Waals surface area contributed by atoms with Crippen molar-refractivity contribution in [1.29, 1.82) is 0 Å². The molecule has 0 amide bonds. The van der Waals surface area contributed by atoms with Gasteiger partial charge in [0.15, 0.2) is 5.82 Å². The quantitative estimate of drug-likeness (QED) is 0.266. The molecule has 1 fully saturated rings. The Bertz CT molecular complexity index is 1460. The second-order valence-corrected chi connectivity index (χ2v) is 9.84. The van der Waals surface area contributed by atoms with E-state index in [4.69, 9.17) is 4.52 Å². The van der Waals surface area contributed by atoms with E-state index < -0.39 is 23.5 Å². The first-order valence-electron chi connectivity index (χ1n) is 12.4. The zero-order valence-electron chi connectivity index (χ0n) is 21.1. The molecule has 6 nitrogen and oxygen atoms in total. The number of nitrogens with one attached hydrogen (secondary N) is 1. The first-order valence-corrected chi connectivity index (χ1v) is 12.4. The number of piperidine rings is 1. The summed E-state index contributed by atoms with van der Waals surface area (Å²) in [5.41, 5.74) is 0.202. The highest BCUT2D eigenvalue weighted by atomic mass is 19.4. The third kappa shape index (κ3) is 5.85. The van der Waals surface area contributed by atoms with Crippen LogP contribution in [0, 0.1) is 6.92 Å². The molecule has 0 unspecified atom stereocenters. The standard InChI is InChI=1S/C27H25F6N5O/c1-15-10-17(6-7-21(15)27(31,32)33)22-13-34-24(35-22)18-8-9-38(16(2)11-18)14-23-36-25(39-37-23)19-4-3-5-20(12-19)26(28,29)30/h3-7,10,12-13,16,18H,8-9,11,14H2,1-2H3,(H,34,35)/t16-,18-/m0/s1. The van der Waals surface area contributed by atoms with E-state index >= 15 is 0 Å². The fraction of sp³-hybridized carbons (Fsp3) is 0.370. The topological polar surface area (TPSA) is 70.8 Å². The number of aromatic amines is 1. The summed E-state index contributed by atoms with van der Waals surface area (Å²) in [5, 5.41) is 3.96. The molecule has 2 atom stereocenters. The molecule has 1 aliphatic rings. The molecular weight excluding hydrogens is 524 g/mol. The minimum absolute atomic E-state index is 0.0280. The van der Waals surface area contributed by atoms with E-state index in [0.29, 0.717) is 30.2 Å². The summed E-state index contributed by atoms with van der Waals surface area (Å²) in [5.74, 6) is 1.32. The summed E-state index contributed by atoms with van der Waals surface area (Å²) >= 11 is 0. The summed E-state index contributed by atoms with van der Waals surface area (Å²) in [6.45, 7) is 4.58. The third-order valence-electron chi connectivity index (χ3n) is 7.09. The Labute approximate surface area is 220 Å². The van der Waals surface area contributed by atoms with Crippen molar-refractivity contribution in [3.05, 3.63) is 77.0 Å². The van der Waals surface area contributed by atoms with Crippen LogP contribution in [0.2, 0.25) is 0 Å². The van der Waals surface area contributed by atoms with Crippen LogP contribution in [0.5, 0.6) is 0 Å². The van der Waals surface area contributed by atoms with Gasteiger partial charge in [0, 0.05) is 17.5 Å². The maximum Gasteiger partial charge on any atom is 0.416 e. The van der Waals surface area contributed by atoms with Gasteiger partial charge in [-0.2, -0.15) is 31.3 Å². The smallest absolute Gasteiger partial charge is 0.342 e. The van der Waals surface area contributed by atoms with E-state index in [9.17, 15) is 26.3 Å². The van der Waals surface area contributed by atoms with E-state index in [-0.39, 0.29) is 29.0 Å². The molecular formula is C27H25F6N5O. The lowest BCUT2D eigenvalue weighted by Gasteiger charge is -2.36. The molecule has 39 heavy (non-hydrogen) atoms. The summed E-state index contributed by atoms with van der Waals surface area (Å²) in [7, 11) is 0. The number of hydrogen-bond donors (Lipinski definition) is 1. The summed E-state index contributed by atoms with van der Waals surface area (Å²) in [6.07, 6.45) is -5.67. The maximum atomic E-state index is 13.1. The maximum absolute atomic E-state index is 13.1. The molecule has 4 aromatic rings. The Hall–Kier alpha value is -3.67. The first-order chi connectivity index (χ1) is 18.4. The molecule has 3 heterocycles. The molecule has 1 saturated heterocycles. The van der Waals surface area contributed by atoms with Gasteiger partial charge in [-0.25, -0.2) is 4.98 Å². The molecule has 0 bridgehead atoms. The lowest BCUT2D eigenvalue weighted by molar-refractivity contribution is -0.138. The van der Waals surface area contributed by atoms with Gasteiger partial charge < -0.3 is 9.51 Å². The average Bonchev–Trinajstić information content (AvgIpc) is 3.54. The van der Waals surface area contributed by atoms with E-state index in [1.807, 2.05) is 0 Å². The van der Waals surface area contributed by atoms with E-state index in [0.717, 1.165) is 36.9 Å². The number of aromatic nitrogens is 4. The molecule has 5 rings (SSSR count). The molecule has 2 aromatic carbocycles. The highest BCUT2D eigenvalue weighted by molar-refractivity contribution is 5.61. The third-order valence-corrected chi connectivity index (χ3v) is 7.09. The molecule has 2 aromatic heterocycles. The van der Waals surface area contributed by atoms with Gasteiger partial charge >= 0.3 is 12.4 Å². The van der Waals surface area contributed by atoms with Crippen molar-refractivity contribution < 1.29 is 30.9 Å². The Kier molecular flexibility index (Phi) is 7.00. The van der Waals surface area contributed by atoms with Crippen molar-refractivity contribution in [3.63, 3.8) is 0 Å². The molecule has 206 valence electrons. The van der Waals surface area contributed by atoms with E-state index in [1.165, 1.54) is 31.2 Å². The first kappa shape index (κ1) is 26.9. The monoisotopic (exact) mass is 549 g/mol. The zero-order chi connectivity index (χ0) is 27.9. The van der Waals surface area contributed by atoms with Crippen molar-refractivity contribution in [3.8, 4) is 22.7 Å². The predicted octanol–water partition coefficient (Wildman–Crippen LogP) is 7.24. The molecule has 0 spiro atoms. The highest BCUT2D eigenvalue weighted by Gasteiger charge is 2.33. The largest absolute Gasteiger partial charge is 0.416 e. The minimum Gasteiger partial charge on any atom is -0.342 e. The highest BCUT2D eigenvalue weighted by Crippen LogP contribution is 2.36. The number of likely N-dealkylation sites (tertiary alicyclic amines) is 1. The number of aryl methyl sites for hydroxylation is 1. The number of nitrogens with zero attached hydrogens (tertiary/aromatic N) is 4. The zero-order valence-corrected chi connectivity index (χ0v) is 21.1. The molecule has 0 aliphatic carbocycles. The SMILES string of the molecule is Cc1cc(-c2cnc([C@H]3CCN(Cc4noc(-c5cccc(C(F)(F)F)c5)n4)[C@@H](C)C3)[nH]2)ccc1C(F)(F)F. The van der Waals surface area contributed by atoms with Gasteiger partial charge in [-0.15, -0.1) is 0 Å². The number of hydrogen-bond acceptors (Lipinski definition) is 5. The van der Waals surface area contributed by atoms with E-state index in [1.54, 1.807) is 6.20 Å². The fourth-order valence-electron chi connectivity index (χ4n) is 4.99. The van der Waals surface area contributed by atoms with Gasteiger partial charge in [0.2, 0.25) is 0 Å². The van der Waals surface area contributed by atoms with E-state index in [2.05, 4.69) is 31.9 Å². The van der Waals surface area contributed by atoms with Gasteiger partial charge in [0.05, 0.1) is 29.6 Å². The molecule has 1 N–H and O–H groups in total. The van der Waals surface area contributed by atoms with Crippen LogP contribution >= 0.6 is 0 Å². The number of alkyl halides is 6. The molecule has 0 radical (unpaired) electrons. The second-order valence-electron chi connectivity index (χ2n) is 9.84. The molecule has 0 saturated carbocycles. The minimum atomic E-state index is -4.47. The Morgan fingerprint density at radius 2 is 1.82 bits per heavy atom. The number of imidazole rings is 1. The van der Waals surface area contributed by atoms with Crippen molar-refractivity contribution in [2.45, 2.75) is 57.5 Å². The lowest BCUT2D eigenvalue weighted by atomic mass is 9.91. The van der Waals surface area contributed by atoms with Crippen molar-refractivity contribution >= 4 is 0 Å². The van der Waals surface area contributed by atoms with Crippen LogP contribution in [-0.2, 0) is 18.9 Å². The molecule has 1 aliphatic heterocycles. The number of H-pyrrole nitrogens is 1. The number of halogens is 6. The van der Waals surface area contributed by atoms with Crippen LogP contribution in [0.15, 0.2) is 53.2 Å². The van der Waals surface area contributed by atoms with Gasteiger partial charge in [-0.1, -0.05) is 17.3 Å². The van der Waals surface area contributed by atoms with Crippen LogP contribution in [0.1, 0.15) is 54.0 Å². The van der Waals surface area contributed by atoms with Crippen LogP contribution < -0.4 is 0 Å². The Morgan fingerprint density at radius 1 is 1.03 bits per heavy atom. The Morgan fingerprint density at radius 3 is 2.51 bits per heavy atom. The number of rotatable bonds is 5. The predicted molar refractivity (Wildman–Crippen MR) is 130 cm³/mol. The normalized spacial score (nSPS) is 19.0. The van der Waals surface area contributed by atoms with Gasteiger partial charge in [0.1, 0.15) is 5.82 Å². The van der Waals surface area contributed by atoms with Gasteiger partial charge in [-0.05, 0) is 74.7 Å². The second kappa shape index (κ2) is 10.1. The lowest BCUT2D eigenvalue weighted by Crippen LogP contribution is -2.40. The van der Waals surface area contributed by atoms with Gasteiger partial charge in [0.25, 0.3) is 5.89 Å².